The minimum Gasteiger partial charge on any atom is -0.456 e. The molecule has 0 atom stereocenters. The Morgan fingerprint density at radius 1 is 0.947 bits per heavy atom. The normalized spacial score (nSPS) is 10.6. The van der Waals surface area contributed by atoms with Gasteiger partial charge in [-0.2, -0.15) is 0 Å². The zero-order valence-electron chi connectivity index (χ0n) is 9.59. The fourth-order valence-electron chi connectivity index (χ4n) is 1.51. The Morgan fingerprint density at radius 3 is 2.32 bits per heavy atom. The summed E-state index contributed by atoms with van der Waals surface area (Å²) in [6, 6.07) is 8.70. The molecule has 0 spiro atoms. The van der Waals surface area contributed by atoms with Crippen LogP contribution in [0.15, 0.2) is 34.8 Å². The second-order valence-corrected chi connectivity index (χ2v) is 5.94. The van der Waals surface area contributed by atoms with Crippen molar-refractivity contribution in [2.24, 2.45) is 5.73 Å². The molecule has 0 radical (unpaired) electrons. The minimum atomic E-state index is 0.384. The lowest BCUT2D eigenvalue weighted by atomic mass is 10.2. The molecular weight excluding hydrogens is 372 g/mol. The topological polar surface area (TPSA) is 35.2 Å². The van der Waals surface area contributed by atoms with Crippen molar-refractivity contribution in [3.8, 4) is 11.5 Å². The van der Waals surface area contributed by atoms with Gasteiger partial charge in [0.1, 0.15) is 11.5 Å². The molecule has 2 rings (SSSR count). The standard InChI is InChI=1S/C13H9BrCl3NO/c14-8-1-7(6-18)2-9(3-8)19-13-5-11(16)10(15)4-12(13)17/h1-5H,6,18H2. The number of nitrogens with two attached hydrogens (primary N) is 1. The predicted molar refractivity (Wildman–Crippen MR) is 83.6 cm³/mol. The first kappa shape index (κ1) is 14.9. The molecular formula is C13H9BrCl3NO. The fraction of sp³-hybridized carbons (Fsp3) is 0.0769. The second kappa shape index (κ2) is 6.33. The quantitative estimate of drug-likeness (QED) is 0.696. The van der Waals surface area contributed by atoms with E-state index in [0.29, 0.717) is 33.1 Å². The van der Waals surface area contributed by atoms with Crippen LogP contribution in [0.1, 0.15) is 5.56 Å². The van der Waals surface area contributed by atoms with E-state index >= 15 is 0 Å². The lowest BCUT2D eigenvalue weighted by Gasteiger charge is -2.10. The summed E-state index contributed by atoms with van der Waals surface area (Å²) in [5.41, 5.74) is 6.56. The highest BCUT2D eigenvalue weighted by Gasteiger charge is 2.09. The van der Waals surface area contributed by atoms with Crippen LogP contribution >= 0.6 is 50.7 Å². The highest BCUT2D eigenvalue weighted by Crippen LogP contribution is 2.37. The molecule has 2 aromatic rings. The molecule has 2 aromatic carbocycles. The summed E-state index contributed by atoms with van der Waals surface area (Å²) in [5, 5.41) is 1.16. The van der Waals surface area contributed by atoms with Crippen LogP contribution in [0.2, 0.25) is 15.1 Å². The first-order chi connectivity index (χ1) is 8.99. The van der Waals surface area contributed by atoms with Crippen molar-refractivity contribution in [2.75, 3.05) is 0 Å². The number of hydrogen-bond donors (Lipinski definition) is 1. The molecule has 0 saturated carbocycles. The van der Waals surface area contributed by atoms with Gasteiger partial charge in [-0.1, -0.05) is 50.7 Å². The average molecular weight is 381 g/mol. The van der Waals surface area contributed by atoms with Gasteiger partial charge in [0, 0.05) is 17.1 Å². The smallest absolute Gasteiger partial charge is 0.147 e. The van der Waals surface area contributed by atoms with Crippen LogP contribution in [-0.4, -0.2) is 0 Å². The summed E-state index contributed by atoms with van der Waals surface area (Å²) < 4.78 is 6.58. The van der Waals surface area contributed by atoms with E-state index in [1.807, 2.05) is 18.2 Å². The summed E-state index contributed by atoms with van der Waals surface area (Å²) >= 11 is 21.3. The molecule has 0 aromatic heterocycles. The highest BCUT2D eigenvalue weighted by molar-refractivity contribution is 9.10. The predicted octanol–water partition coefficient (Wildman–Crippen LogP) is 5.66. The Morgan fingerprint density at radius 2 is 1.63 bits per heavy atom. The van der Waals surface area contributed by atoms with Gasteiger partial charge in [-0.25, -0.2) is 0 Å². The Bertz CT molecular complexity index is 619. The van der Waals surface area contributed by atoms with Gasteiger partial charge >= 0.3 is 0 Å². The van der Waals surface area contributed by atoms with Gasteiger partial charge in [-0.15, -0.1) is 0 Å². The first-order valence-corrected chi connectivity index (χ1v) is 7.24. The maximum atomic E-state index is 6.06. The number of benzene rings is 2. The Balaban J connectivity index is 2.36. The van der Waals surface area contributed by atoms with Gasteiger partial charge in [0.2, 0.25) is 0 Å². The average Bonchev–Trinajstić information content (AvgIpc) is 2.35. The number of halogens is 4. The van der Waals surface area contributed by atoms with Gasteiger partial charge in [0.05, 0.1) is 15.1 Å². The monoisotopic (exact) mass is 379 g/mol. The Labute approximate surface area is 134 Å². The van der Waals surface area contributed by atoms with Crippen molar-refractivity contribution in [2.45, 2.75) is 6.54 Å². The molecule has 0 heterocycles. The van der Waals surface area contributed by atoms with Crippen molar-refractivity contribution in [1.82, 2.24) is 0 Å². The first-order valence-electron chi connectivity index (χ1n) is 5.31. The van der Waals surface area contributed by atoms with Crippen LogP contribution in [0.4, 0.5) is 0 Å². The zero-order valence-corrected chi connectivity index (χ0v) is 13.4. The Hall–Kier alpha value is -0.450. The lowest BCUT2D eigenvalue weighted by Crippen LogP contribution is -1.96. The number of rotatable bonds is 3. The van der Waals surface area contributed by atoms with Crippen LogP contribution in [0.3, 0.4) is 0 Å². The van der Waals surface area contributed by atoms with E-state index in [1.54, 1.807) is 12.1 Å². The van der Waals surface area contributed by atoms with Crippen LogP contribution in [0, 0.1) is 0 Å². The lowest BCUT2D eigenvalue weighted by molar-refractivity contribution is 0.482. The zero-order chi connectivity index (χ0) is 14.0. The van der Waals surface area contributed by atoms with E-state index < -0.39 is 0 Å². The third-order valence-corrected chi connectivity index (χ3v) is 3.84. The minimum absolute atomic E-state index is 0.384. The van der Waals surface area contributed by atoms with Crippen molar-refractivity contribution in [3.05, 3.63) is 55.4 Å². The molecule has 0 saturated heterocycles. The van der Waals surface area contributed by atoms with Crippen molar-refractivity contribution >= 4 is 50.7 Å². The maximum absolute atomic E-state index is 6.06. The summed E-state index contributed by atoms with van der Waals surface area (Å²) in [6.07, 6.45) is 0. The largest absolute Gasteiger partial charge is 0.456 e. The van der Waals surface area contributed by atoms with Crippen molar-refractivity contribution in [3.63, 3.8) is 0 Å². The number of hydrogen-bond acceptors (Lipinski definition) is 2. The SMILES string of the molecule is NCc1cc(Br)cc(Oc2cc(Cl)c(Cl)cc2Cl)c1. The van der Waals surface area contributed by atoms with Gasteiger partial charge in [-0.3, -0.25) is 0 Å². The summed E-state index contributed by atoms with van der Waals surface area (Å²) in [5.74, 6) is 1.06. The molecule has 19 heavy (non-hydrogen) atoms. The molecule has 0 aliphatic rings. The third kappa shape index (κ3) is 3.77. The molecule has 100 valence electrons. The molecule has 0 amide bonds. The molecule has 0 bridgehead atoms. The van der Waals surface area contributed by atoms with Crippen LogP contribution in [-0.2, 0) is 6.54 Å². The molecule has 2 nitrogen and oxygen atoms in total. The van der Waals surface area contributed by atoms with E-state index in [4.69, 9.17) is 45.3 Å². The van der Waals surface area contributed by atoms with Crippen molar-refractivity contribution in [1.29, 1.82) is 0 Å². The van der Waals surface area contributed by atoms with E-state index in [1.165, 1.54) is 0 Å². The van der Waals surface area contributed by atoms with Crippen LogP contribution < -0.4 is 10.5 Å². The van der Waals surface area contributed by atoms with Gasteiger partial charge in [0.15, 0.2) is 0 Å². The molecule has 0 fully saturated rings. The van der Waals surface area contributed by atoms with E-state index in [2.05, 4.69) is 15.9 Å². The Kier molecular flexibility index (Phi) is 4.98. The summed E-state index contributed by atoms with van der Waals surface area (Å²) in [4.78, 5) is 0. The molecule has 0 unspecified atom stereocenters. The fourth-order valence-corrected chi connectivity index (χ4v) is 2.60. The van der Waals surface area contributed by atoms with Crippen molar-refractivity contribution < 1.29 is 4.74 Å². The van der Waals surface area contributed by atoms with Gasteiger partial charge < -0.3 is 10.5 Å². The van der Waals surface area contributed by atoms with Crippen LogP contribution in [0.25, 0.3) is 0 Å². The molecule has 6 heteroatoms. The van der Waals surface area contributed by atoms with Gasteiger partial charge in [-0.05, 0) is 29.8 Å². The second-order valence-electron chi connectivity index (χ2n) is 3.80. The molecule has 0 aliphatic heterocycles. The van der Waals surface area contributed by atoms with E-state index in [-0.39, 0.29) is 0 Å². The van der Waals surface area contributed by atoms with E-state index in [9.17, 15) is 0 Å². The summed E-state index contributed by atoms with van der Waals surface area (Å²) in [7, 11) is 0. The highest BCUT2D eigenvalue weighted by atomic mass is 79.9. The third-order valence-electron chi connectivity index (χ3n) is 2.37. The summed E-state index contributed by atoms with van der Waals surface area (Å²) in [6.45, 7) is 0.422. The molecule has 0 aliphatic carbocycles. The van der Waals surface area contributed by atoms with Crippen LogP contribution in [0.5, 0.6) is 11.5 Å². The molecule has 2 N–H and O–H groups in total. The maximum Gasteiger partial charge on any atom is 0.147 e. The van der Waals surface area contributed by atoms with Gasteiger partial charge in [0.25, 0.3) is 0 Å². The van der Waals surface area contributed by atoms with E-state index in [0.717, 1.165) is 10.0 Å². The number of ether oxygens (including phenoxy) is 1.